The second-order valence-electron chi connectivity index (χ2n) is 5.94. The van der Waals surface area contributed by atoms with Gasteiger partial charge in [0.25, 0.3) is 0 Å². The summed E-state index contributed by atoms with van der Waals surface area (Å²) in [4.78, 5) is 24.5. The third kappa shape index (κ3) is 3.30. The summed E-state index contributed by atoms with van der Waals surface area (Å²) in [5, 5.41) is 16.4. The first kappa shape index (κ1) is 16.2. The van der Waals surface area contributed by atoms with Crippen LogP contribution >= 0.6 is 0 Å². The van der Waals surface area contributed by atoms with Crippen LogP contribution < -0.4 is 10.2 Å². The van der Waals surface area contributed by atoms with Gasteiger partial charge in [-0.25, -0.2) is 9.78 Å². The van der Waals surface area contributed by atoms with Crippen LogP contribution in [0.1, 0.15) is 24.2 Å². The van der Waals surface area contributed by atoms with Crippen molar-refractivity contribution in [1.82, 2.24) is 20.0 Å². The maximum Gasteiger partial charge on any atom is 0.323 e. The second kappa shape index (κ2) is 6.44. The molecule has 0 aliphatic carbocycles. The largest absolute Gasteiger partial charge is 0.391 e. The molecule has 9 heteroatoms. The summed E-state index contributed by atoms with van der Waals surface area (Å²) in [5.74, 6) is 1.99. The van der Waals surface area contributed by atoms with Gasteiger partial charge in [-0.1, -0.05) is 11.2 Å². The fraction of sp³-hybridized carbons (Fsp3) is 0.467. The van der Waals surface area contributed by atoms with Crippen LogP contribution in [-0.4, -0.2) is 57.9 Å². The number of aromatic nitrogens is 3. The number of β-amino-alcohol motifs (C(OH)–C–C–N with tert-alkyl or cyclic N) is 1. The Balaban J connectivity index is 1.77. The van der Waals surface area contributed by atoms with Crippen molar-refractivity contribution in [2.45, 2.75) is 25.5 Å². The number of aliphatic hydroxyl groups excluding tert-OH is 1. The van der Waals surface area contributed by atoms with Gasteiger partial charge < -0.3 is 19.4 Å². The van der Waals surface area contributed by atoms with Crippen molar-refractivity contribution in [2.24, 2.45) is 0 Å². The molecule has 0 bridgehead atoms. The van der Waals surface area contributed by atoms with E-state index in [4.69, 9.17) is 4.52 Å². The first-order chi connectivity index (χ1) is 11.4. The average molecular weight is 332 g/mol. The fourth-order valence-corrected chi connectivity index (χ4v) is 2.64. The molecule has 3 rings (SSSR count). The summed E-state index contributed by atoms with van der Waals surface area (Å²) in [5.41, 5.74) is 0. The molecule has 2 amide bonds. The van der Waals surface area contributed by atoms with Gasteiger partial charge in [-0.05, 0) is 19.1 Å². The number of likely N-dealkylation sites (tertiary alicyclic amines) is 1. The van der Waals surface area contributed by atoms with Gasteiger partial charge >= 0.3 is 6.03 Å². The van der Waals surface area contributed by atoms with Crippen molar-refractivity contribution < 1.29 is 14.4 Å². The van der Waals surface area contributed by atoms with E-state index in [1.54, 1.807) is 13.0 Å². The molecule has 0 unspecified atom stereocenters. The molecule has 0 radical (unpaired) electrons. The van der Waals surface area contributed by atoms with Gasteiger partial charge in [0.1, 0.15) is 17.7 Å². The van der Waals surface area contributed by atoms with Crippen LogP contribution in [0.25, 0.3) is 0 Å². The van der Waals surface area contributed by atoms with E-state index >= 15 is 0 Å². The van der Waals surface area contributed by atoms with Gasteiger partial charge in [0.2, 0.25) is 5.89 Å². The molecule has 1 saturated heterocycles. The normalized spacial score (nSPS) is 20.2. The summed E-state index contributed by atoms with van der Waals surface area (Å²) in [6, 6.07) is 4.56. The molecule has 1 aliphatic heterocycles. The van der Waals surface area contributed by atoms with Crippen LogP contribution in [0.2, 0.25) is 0 Å². The SMILES string of the molecule is Cc1noc([C@H]2C[C@@H](O)CN2C(=O)Nc2cccc(N(C)C)n2)n1. The minimum Gasteiger partial charge on any atom is -0.391 e. The molecule has 0 aromatic carbocycles. The monoisotopic (exact) mass is 332 g/mol. The minimum absolute atomic E-state index is 0.200. The molecule has 1 fully saturated rings. The Labute approximate surface area is 139 Å². The molecule has 0 saturated carbocycles. The first-order valence-electron chi connectivity index (χ1n) is 7.64. The van der Waals surface area contributed by atoms with Crippen molar-refractivity contribution >= 4 is 17.7 Å². The molecular formula is C15H20N6O3. The Kier molecular flexibility index (Phi) is 4.34. The van der Waals surface area contributed by atoms with Gasteiger partial charge in [-0.3, -0.25) is 5.32 Å². The summed E-state index contributed by atoms with van der Waals surface area (Å²) in [6.45, 7) is 1.91. The lowest BCUT2D eigenvalue weighted by molar-refractivity contribution is 0.174. The first-order valence-corrected chi connectivity index (χ1v) is 7.64. The Morgan fingerprint density at radius 3 is 2.88 bits per heavy atom. The highest BCUT2D eigenvalue weighted by atomic mass is 16.5. The van der Waals surface area contributed by atoms with E-state index in [1.807, 2.05) is 31.1 Å². The Bertz CT molecular complexity index is 732. The average Bonchev–Trinajstić information content (AvgIpc) is 3.13. The van der Waals surface area contributed by atoms with Crippen LogP contribution in [0.5, 0.6) is 0 Å². The third-order valence-electron chi connectivity index (χ3n) is 3.80. The van der Waals surface area contributed by atoms with Crippen molar-refractivity contribution in [3.05, 3.63) is 29.9 Å². The number of nitrogens with one attached hydrogen (secondary N) is 1. The van der Waals surface area contributed by atoms with Crippen LogP contribution in [0.3, 0.4) is 0 Å². The van der Waals surface area contributed by atoms with Gasteiger partial charge in [0.15, 0.2) is 5.82 Å². The molecule has 9 nitrogen and oxygen atoms in total. The molecular weight excluding hydrogens is 312 g/mol. The van der Waals surface area contributed by atoms with E-state index in [2.05, 4.69) is 20.4 Å². The predicted octanol–water partition coefficient (Wildman–Crippen LogP) is 1.18. The van der Waals surface area contributed by atoms with E-state index in [0.717, 1.165) is 5.82 Å². The Hall–Kier alpha value is -2.68. The summed E-state index contributed by atoms with van der Waals surface area (Å²) >= 11 is 0. The Morgan fingerprint density at radius 2 is 2.21 bits per heavy atom. The molecule has 24 heavy (non-hydrogen) atoms. The number of hydrogen-bond donors (Lipinski definition) is 2. The minimum atomic E-state index is -0.631. The van der Waals surface area contributed by atoms with E-state index in [-0.39, 0.29) is 12.6 Å². The lowest BCUT2D eigenvalue weighted by Crippen LogP contribution is -2.35. The molecule has 0 spiro atoms. The van der Waals surface area contributed by atoms with E-state index in [9.17, 15) is 9.90 Å². The highest BCUT2D eigenvalue weighted by Crippen LogP contribution is 2.31. The van der Waals surface area contributed by atoms with Crippen molar-refractivity contribution in [1.29, 1.82) is 0 Å². The van der Waals surface area contributed by atoms with E-state index < -0.39 is 12.1 Å². The number of pyridine rings is 1. The highest BCUT2D eigenvalue weighted by molar-refractivity contribution is 5.89. The smallest absolute Gasteiger partial charge is 0.323 e. The van der Waals surface area contributed by atoms with E-state index in [1.165, 1.54) is 4.90 Å². The second-order valence-corrected chi connectivity index (χ2v) is 5.94. The van der Waals surface area contributed by atoms with Gasteiger partial charge in [0.05, 0.1) is 6.10 Å². The lowest BCUT2D eigenvalue weighted by atomic mass is 10.2. The molecule has 1 aliphatic rings. The zero-order chi connectivity index (χ0) is 17.3. The molecule has 2 aromatic heterocycles. The third-order valence-corrected chi connectivity index (χ3v) is 3.80. The molecule has 3 heterocycles. The quantitative estimate of drug-likeness (QED) is 0.869. The molecule has 2 aromatic rings. The highest BCUT2D eigenvalue weighted by Gasteiger charge is 2.38. The van der Waals surface area contributed by atoms with Crippen LogP contribution in [0.15, 0.2) is 22.7 Å². The number of rotatable bonds is 3. The predicted molar refractivity (Wildman–Crippen MR) is 86.7 cm³/mol. The fourth-order valence-electron chi connectivity index (χ4n) is 2.64. The van der Waals surface area contributed by atoms with Gasteiger partial charge in [-0.2, -0.15) is 4.98 Å². The zero-order valence-electron chi connectivity index (χ0n) is 13.8. The van der Waals surface area contributed by atoms with E-state index in [0.29, 0.717) is 24.0 Å². The number of anilines is 2. The number of urea groups is 1. The van der Waals surface area contributed by atoms with Crippen molar-refractivity contribution in [2.75, 3.05) is 30.9 Å². The van der Waals surface area contributed by atoms with Gasteiger partial charge in [0, 0.05) is 27.1 Å². The van der Waals surface area contributed by atoms with Crippen LogP contribution in [0, 0.1) is 6.92 Å². The van der Waals surface area contributed by atoms with Crippen LogP contribution in [-0.2, 0) is 0 Å². The van der Waals surface area contributed by atoms with Crippen molar-refractivity contribution in [3.8, 4) is 0 Å². The maximum atomic E-state index is 12.6. The Morgan fingerprint density at radius 1 is 1.42 bits per heavy atom. The number of carbonyl (C=O) groups is 1. The number of nitrogens with zero attached hydrogens (tertiary/aromatic N) is 5. The standard InChI is InChI=1S/C15H20N6O3/c1-9-16-14(24-19-9)11-7-10(22)8-21(11)15(23)18-12-5-4-6-13(17-12)20(2)3/h4-6,10-11,22H,7-8H2,1-3H3,(H,17,18,23)/t10-,11-/m1/s1. The number of carbonyl (C=O) groups excluding carboxylic acids is 1. The number of aliphatic hydroxyl groups is 1. The molecule has 128 valence electrons. The number of hydrogen-bond acceptors (Lipinski definition) is 7. The molecule has 2 N–H and O–H groups in total. The summed E-state index contributed by atoms with van der Waals surface area (Å²) in [6.07, 6.45) is -0.269. The zero-order valence-corrected chi connectivity index (χ0v) is 13.8. The molecule has 2 atom stereocenters. The van der Waals surface area contributed by atoms with Crippen LogP contribution in [0.4, 0.5) is 16.4 Å². The van der Waals surface area contributed by atoms with Gasteiger partial charge in [-0.15, -0.1) is 0 Å². The summed E-state index contributed by atoms with van der Waals surface area (Å²) in [7, 11) is 3.75. The van der Waals surface area contributed by atoms with Crippen molar-refractivity contribution in [3.63, 3.8) is 0 Å². The number of amides is 2. The number of aryl methyl sites for hydroxylation is 1. The lowest BCUT2D eigenvalue weighted by Gasteiger charge is -2.22. The maximum absolute atomic E-state index is 12.6. The topological polar surface area (TPSA) is 108 Å². The summed E-state index contributed by atoms with van der Waals surface area (Å²) < 4.78 is 5.16.